The molecule has 0 saturated carbocycles. The van der Waals surface area contributed by atoms with E-state index in [4.69, 9.17) is 4.74 Å². The molecule has 28 heavy (non-hydrogen) atoms. The van der Waals surface area contributed by atoms with Crippen molar-refractivity contribution in [2.24, 2.45) is 0 Å². The molecule has 0 unspecified atom stereocenters. The van der Waals surface area contributed by atoms with Gasteiger partial charge in [-0.15, -0.1) is 0 Å². The minimum atomic E-state index is -0.578. The number of esters is 1. The van der Waals surface area contributed by atoms with Gasteiger partial charge in [0.2, 0.25) is 11.6 Å². The Hall–Kier alpha value is -4.08. The van der Waals surface area contributed by atoms with Crippen LogP contribution in [0.3, 0.4) is 0 Å². The number of para-hydroxylation sites is 1. The standard InChI is InChI=1S/C18H16N6O4/c1-23(14-8-4-3-7-13(14)18(25)28-2)17-15(24(26)27)16(20-11-21-17)22-12-6-5-9-19-10-12/h3-11H,1-2H3,(H,20,21,22). The molecule has 2 aromatic heterocycles. The smallest absolute Gasteiger partial charge is 0.354 e. The van der Waals surface area contributed by atoms with E-state index in [0.717, 1.165) is 0 Å². The Morgan fingerprint density at radius 1 is 1.21 bits per heavy atom. The first-order chi connectivity index (χ1) is 13.5. The van der Waals surface area contributed by atoms with Gasteiger partial charge >= 0.3 is 11.7 Å². The summed E-state index contributed by atoms with van der Waals surface area (Å²) in [6.07, 6.45) is 4.31. The minimum absolute atomic E-state index is 0.00500. The van der Waals surface area contributed by atoms with E-state index in [0.29, 0.717) is 11.4 Å². The average Bonchev–Trinajstić information content (AvgIpc) is 2.73. The molecule has 0 spiro atoms. The van der Waals surface area contributed by atoms with Crippen molar-refractivity contribution in [2.75, 3.05) is 24.4 Å². The maximum Gasteiger partial charge on any atom is 0.354 e. The molecule has 10 nitrogen and oxygen atoms in total. The molecule has 3 rings (SSSR count). The first-order valence-electron chi connectivity index (χ1n) is 8.10. The summed E-state index contributed by atoms with van der Waals surface area (Å²) in [4.78, 5) is 36.8. The van der Waals surface area contributed by atoms with Gasteiger partial charge in [-0.3, -0.25) is 15.1 Å². The monoisotopic (exact) mass is 380 g/mol. The van der Waals surface area contributed by atoms with Crippen molar-refractivity contribution in [3.05, 3.63) is 70.8 Å². The van der Waals surface area contributed by atoms with Crippen molar-refractivity contribution in [3.8, 4) is 0 Å². The van der Waals surface area contributed by atoms with Gasteiger partial charge in [0, 0.05) is 13.2 Å². The van der Waals surface area contributed by atoms with Crippen LogP contribution in [0.15, 0.2) is 55.1 Å². The van der Waals surface area contributed by atoms with E-state index in [1.165, 1.54) is 24.5 Å². The number of pyridine rings is 1. The van der Waals surface area contributed by atoms with Gasteiger partial charge in [-0.05, 0) is 24.3 Å². The third-order valence-corrected chi connectivity index (χ3v) is 3.90. The Morgan fingerprint density at radius 2 is 2.00 bits per heavy atom. The average molecular weight is 380 g/mol. The number of nitro groups is 1. The predicted molar refractivity (Wildman–Crippen MR) is 102 cm³/mol. The second-order valence-corrected chi connectivity index (χ2v) is 5.59. The third-order valence-electron chi connectivity index (χ3n) is 3.90. The summed E-state index contributed by atoms with van der Waals surface area (Å²) in [6.45, 7) is 0. The van der Waals surface area contributed by atoms with Crippen LogP contribution >= 0.6 is 0 Å². The maximum absolute atomic E-state index is 12.1. The number of benzene rings is 1. The highest BCUT2D eigenvalue weighted by atomic mass is 16.6. The molecule has 2 heterocycles. The molecule has 0 amide bonds. The molecule has 0 radical (unpaired) electrons. The van der Waals surface area contributed by atoms with Crippen LogP contribution in [-0.4, -0.2) is 40.0 Å². The highest BCUT2D eigenvalue weighted by Crippen LogP contribution is 2.37. The van der Waals surface area contributed by atoms with Crippen molar-refractivity contribution >= 4 is 34.7 Å². The molecular weight excluding hydrogens is 364 g/mol. The van der Waals surface area contributed by atoms with E-state index >= 15 is 0 Å². The van der Waals surface area contributed by atoms with E-state index in [1.807, 2.05) is 0 Å². The van der Waals surface area contributed by atoms with Gasteiger partial charge in [-0.1, -0.05) is 12.1 Å². The minimum Gasteiger partial charge on any atom is -0.465 e. The van der Waals surface area contributed by atoms with Crippen LogP contribution in [-0.2, 0) is 4.74 Å². The second kappa shape index (κ2) is 8.08. The Morgan fingerprint density at radius 3 is 2.68 bits per heavy atom. The summed E-state index contributed by atoms with van der Waals surface area (Å²) in [5, 5.41) is 14.7. The third kappa shape index (κ3) is 3.70. The lowest BCUT2D eigenvalue weighted by atomic mass is 10.1. The van der Waals surface area contributed by atoms with E-state index in [9.17, 15) is 14.9 Å². The first kappa shape index (κ1) is 18.7. The zero-order chi connectivity index (χ0) is 20.1. The topological polar surface area (TPSA) is 123 Å². The molecule has 0 bridgehead atoms. The Labute approximate surface area is 160 Å². The van der Waals surface area contributed by atoms with Crippen LogP contribution in [0.2, 0.25) is 0 Å². The molecule has 1 N–H and O–H groups in total. The van der Waals surface area contributed by atoms with Crippen molar-refractivity contribution in [1.29, 1.82) is 0 Å². The van der Waals surface area contributed by atoms with Gasteiger partial charge in [-0.2, -0.15) is 0 Å². The molecular formula is C18H16N6O4. The quantitative estimate of drug-likeness (QED) is 0.390. The zero-order valence-corrected chi connectivity index (χ0v) is 15.1. The number of hydrogen-bond donors (Lipinski definition) is 1. The van der Waals surface area contributed by atoms with Crippen molar-refractivity contribution < 1.29 is 14.5 Å². The number of carbonyl (C=O) groups excluding carboxylic acids is 1. The Bertz CT molecular complexity index is 1010. The highest BCUT2D eigenvalue weighted by Gasteiger charge is 2.28. The fraction of sp³-hybridized carbons (Fsp3) is 0.111. The van der Waals surface area contributed by atoms with E-state index in [2.05, 4.69) is 20.3 Å². The van der Waals surface area contributed by atoms with Crippen LogP contribution in [0, 0.1) is 10.1 Å². The van der Waals surface area contributed by atoms with Crippen molar-refractivity contribution in [3.63, 3.8) is 0 Å². The van der Waals surface area contributed by atoms with Crippen LogP contribution < -0.4 is 10.2 Å². The van der Waals surface area contributed by atoms with Gasteiger partial charge < -0.3 is 15.0 Å². The van der Waals surface area contributed by atoms with Gasteiger partial charge in [0.25, 0.3) is 0 Å². The summed E-state index contributed by atoms with van der Waals surface area (Å²) < 4.78 is 4.79. The number of methoxy groups -OCH3 is 1. The molecule has 0 saturated heterocycles. The van der Waals surface area contributed by atoms with Crippen molar-refractivity contribution in [1.82, 2.24) is 15.0 Å². The number of aromatic nitrogens is 3. The fourth-order valence-corrected chi connectivity index (χ4v) is 2.61. The number of nitrogens with one attached hydrogen (secondary N) is 1. The molecule has 0 fully saturated rings. The molecule has 10 heteroatoms. The lowest BCUT2D eigenvalue weighted by molar-refractivity contribution is -0.383. The highest BCUT2D eigenvalue weighted by molar-refractivity contribution is 5.97. The fourth-order valence-electron chi connectivity index (χ4n) is 2.61. The Kier molecular flexibility index (Phi) is 5.40. The normalized spacial score (nSPS) is 10.2. The molecule has 0 aliphatic rings. The van der Waals surface area contributed by atoms with Crippen LogP contribution in [0.1, 0.15) is 10.4 Å². The van der Waals surface area contributed by atoms with Gasteiger partial charge in [0.1, 0.15) is 6.33 Å². The van der Waals surface area contributed by atoms with E-state index in [-0.39, 0.29) is 22.9 Å². The van der Waals surface area contributed by atoms with Gasteiger partial charge in [0.15, 0.2) is 0 Å². The number of ether oxygens (including phenoxy) is 1. The summed E-state index contributed by atoms with van der Waals surface area (Å²) in [5.41, 5.74) is 0.854. The maximum atomic E-state index is 12.1. The van der Waals surface area contributed by atoms with E-state index < -0.39 is 10.9 Å². The number of carbonyl (C=O) groups is 1. The molecule has 0 aliphatic carbocycles. The molecule has 1 aromatic carbocycles. The van der Waals surface area contributed by atoms with Crippen molar-refractivity contribution in [2.45, 2.75) is 0 Å². The summed E-state index contributed by atoms with van der Waals surface area (Å²) in [6, 6.07) is 9.99. The molecule has 3 aromatic rings. The van der Waals surface area contributed by atoms with E-state index in [1.54, 1.807) is 49.6 Å². The number of hydrogen-bond acceptors (Lipinski definition) is 9. The summed E-state index contributed by atoms with van der Waals surface area (Å²) >= 11 is 0. The Balaban J connectivity index is 2.09. The first-order valence-corrected chi connectivity index (χ1v) is 8.10. The summed E-state index contributed by atoms with van der Waals surface area (Å²) in [5.74, 6) is -0.541. The predicted octanol–water partition coefficient (Wildman–Crippen LogP) is 3.08. The van der Waals surface area contributed by atoms with Crippen LogP contribution in [0.5, 0.6) is 0 Å². The molecule has 0 atom stereocenters. The number of anilines is 4. The largest absolute Gasteiger partial charge is 0.465 e. The lowest BCUT2D eigenvalue weighted by Gasteiger charge is -2.21. The summed E-state index contributed by atoms with van der Waals surface area (Å²) in [7, 11) is 2.84. The zero-order valence-electron chi connectivity index (χ0n) is 15.1. The molecule has 142 valence electrons. The SMILES string of the molecule is COC(=O)c1ccccc1N(C)c1ncnc(Nc2cccnc2)c1[N+](=O)[O-]. The van der Waals surface area contributed by atoms with Gasteiger partial charge in [-0.25, -0.2) is 14.8 Å². The number of nitrogens with zero attached hydrogens (tertiary/aromatic N) is 5. The van der Waals surface area contributed by atoms with Crippen LogP contribution in [0.25, 0.3) is 0 Å². The van der Waals surface area contributed by atoms with Gasteiger partial charge in [0.05, 0.1) is 35.2 Å². The second-order valence-electron chi connectivity index (χ2n) is 5.59. The lowest BCUT2D eigenvalue weighted by Crippen LogP contribution is -2.18. The van der Waals surface area contributed by atoms with Crippen LogP contribution in [0.4, 0.5) is 28.7 Å². The number of rotatable bonds is 6. The molecule has 0 aliphatic heterocycles.